The van der Waals surface area contributed by atoms with Gasteiger partial charge in [0.2, 0.25) is 5.88 Å². The number of rotatable bonds is 4. The minimum Gasteiger partial charge on any atom is -0.493 e. The summed E-state index contributed by atoms with van der Waals surface area (Å²) in [6.45, 7) is 6.57. The number of benzene rings is 1. The molecule has 33 heavy (non-hydrogen) atoms. The molecule has 8 heteroatoms. The lowest BCUT2D eigenvalue weighted by atomic mass is 10.1. The van der Waals surface area contributed by atoms with Crippen LogP contribution in [-0.4, -0.2) is 56.2 Å². The molecule has 2 fully saturated rings. The molecule has 3 heterocycles. The molecule has 1 saturated carbocycles. The maximum absolute atomic E-state index is 13.1. The molecule has 0 radical (unpaired) electrons. The number of pyridine rings is 1. The first kappa shape index (κ1) is 21.3. The lowest BCUT2D eigenvalue weighted by Crippen LogP contribution is -2.49. The Bertz CT molecular complexity index is 1260. The normalized spacial score (nSPS) is 16.3. The fraction of sp³-hybridized carbons (Fsp3) is 0.400. The van der Waals surface area contributed by atoms with Crippen LogP contribution in [-0.2, 0) is 7.05 Å². The minimum atomic E-state index is -0.325. The van der Waals surface area contributed by atoms with E-state index in [9.17, 15) is 14.7 Å². The molecule has 2 aliphatic rings. The number of nitrogens with zero attached hydrogens (tertiary/aromatic N) is 5. The largest absolute Gasteiger partial charge is 0.493 e. The van der Waals surface area contributed by atoms with Gasteiger partial charge in [0.1, 0.15) is 5.82 Å². The number of carbonyl (C=O) groups excluding carboxylic acids is 1. The van der Waals surface area contributed by atoms with E-state index in [2.05, 4.69) is 17.9 Å². The van der Waals surface area contributed by atoms with Crippen molar-refractivity contribution in [3.8, 4) is 11.6 Å². The number of aryl methyl sites for hydroxylation is 1. The first-order valence-electron chi connectivity index (χ1n) is 11.4. The predicted molar refractivity (Wildman–Crippen MR) is 126 cm³/mol. The average molecular weight is 448 g/mol. The molecule has 1 saturated heterocycles. The van der Waals surface area contributed by atoms with Gasteiger partial charge >= 0.3 is 5.69 Å². The molecular formula is C25H29N5O3. The van der Waals surface area contributed by atoms with Gasteiger partial charge < -0.3 is 14.9 Å². The second-order valence-electron chi connectivity index (χ2n) is 9.10. The molecular weight excluding hydrogens is 418 g/mol. The number of hydrogen-bond acceptors (Lipinski definition) is 5. The van der Waals surface area contributed by atoms with Gasteiger partial charge in [-0.2, -0.15) is 0 Å². The zero-order valence-electron chi connectivity index (χ0n) is 19.3. The maximum atomic E-state index is 13.1. The van der Waals surface area contributed by atoms with Crippen molar-refractivity contribution in [1.29, 1.82) is 0 Å². The summed E-state index contributed by atoms with van der Waals surface area (Å²) in [5, 5.41) is 10.0. The van der Waals surface area contributed by atoms with Crippen LogP contribution in [0, 0.1) is 13.8 Å². The van der Waals surface area contributed by atoms with Crippen LogP contribution in [0.25, 0.3) is 5.69 Å². The minimum absolute atomic E-state index is 0.0186. The van der Waals surface area contributed by atoms with E-state index in [0.717, 1.165) is 18.9 Å². The number of amides is 1. The second-order valence-corrected chi connectivity index (χ2v) is 9.10. The number of carbonyl (C=O) groups is 1. The molecule has 1 N–H and O–H groups in total. The molecule has 0 spiro atoms. The van der Waals surface area contributed by atoms with Gasteiger partial charge in [0.25, 0.3) is 5.91 Å². The van der Waals surface area contributed by atoms with Gasteiger partial charge in [0.15, 0.2) is 0 Å². The summed E-state index contributed by atoms with van der Waals surface area (Å²) in [5.74, 6) is 1.63. The topological polar surface area (TPSA) is 83.6 Å². The summed E-state index contributed by atoms with van der Waals surface area (Å²) in [6.07, 6.45) is 4.55. The number of hydrogen-bond donors (Lipinski definition) is 1. The molecule has 3 aromatic rings. The van der Waals surface area contributed by atoms with Gasteiger partial charge in [-0.15, -0.1) is 0 Å². The highest BCUT2D eigenvalue weighted by Gasteiger charge is 2.27. The first-order valence-corrected chi connectivity index (χ1v) is 11.4. The van der Waals surface area contributed by atoms with Crippen LogP contribution in [0.15, 0.2) is 41.3 Å². The molecule has 0 unspecified atom stereocenters. The molecule has 1 aliphatic carbocycles. The number of aromatic hydroxyl groups is 1. The highest BCUT2D eigenvalue weighted by molar-refractivity contribution is 5.94. The third-order valence-corrected chi connectivity index (χ3v) is 6.81. The van der Waals surface area contributed by atoms with Crippen molar-refractivity contribution in [3.05, 3.63) is 69.4 Å². The van der Waals surface area contributed by atoms with Gasteiger partial charge in [0, 0.05) is 45.0 Å². The molecule has 5 rings (SSSR count). The third-order valence-electron chi connectivity index (χ3n) is 6.81. The Morgan fingerprint density at radius 3 is 2.27 bits per heavy atom. The number of anilines is 1. The summed E-state index contributed by atoms with van der Waals surface area (Å²) < 4.78 is 2.64. The Kier molecular flexibility index (Phi) is 5.23. The monoisotopic (exact) mass is 447 g/mol. The van der Waals surface area contributed by atoms with E-state index >= 15 is 0 Å². The summed E-state index contributed by atoms with van der Waals surface area (Å²) >= 11 is 0. The Balaban J connectivity index is 1.26. The molecule has 1 aliphatic heterocycles. The Hall–Kier alpha value is -3.55. The van der Waals surface area contributed by atoms with Crippen LogP contribution in [0.1, 0.15) is 45.9 Å². The van der Waals surface area contributed by atoms with Crippen LogP contribution in [0.5, 0.6) is 5.88 Å². The fourth-order valence-corrected chi connectivity index (χ4v) is 4.65. The van der Waals surface area contributed by atoms with Crippen LogP contribution in [0.2, 0.25) is 0 Å². The van der Waals surface area contributed by atoms with E-state index in [0.29, 0.717) is 36.0 Å². The van der Waals surface area contributed by atoms with E-state index in [4.69, 9.17) is 4.98 Å². The zero-order chi connectivity index (χ0) is 23.3. The van der Waals surface area contributed by atoms with Gasteiger partial charge in [-0.05, 0) is 68.0 Å². The number of imidazole rings is 1. The van der Waals surface area contributed by atoms with E-state index in [1.54, 1.807) is 31.2 Å². The predicted octanol–water partition coefficient (Wildman–Crippen LogP) is 2.73. The molecule has 0 bridgehead atoms. The molecule has 172 valence electrons. The summed E-state index contributed by atoms with van der Waals surface area (Å²) in [7, 11) is 1.52. The Labute approximate surface area is 192 Å². The lowest BCUT2D eigenvalue weighted by molar-refractivity contribution is 0.0746. The maximum Gasteiger partial charge on any atom is 0.335 e. The van der Waals surface area contributed by atoms with E-state index in [1.165, 1.54) is 40.2 Å². The SMILES string of the molecule is Cc1cc(C2CC2)cnc1N1CCN(C(=O)c2ccc(-n3c(C)c(O)n(C)c3=O)cc2)CC1. The van der Waals surface area contributed by atoms with Crippen molar-refractivity contribution in [2.75, 3.05) is 31.1 Å². The summed E-state index contributed by atoms with van der Waals surface area (Å²) in [6, 6.07) is 9.22. The van der Waals surface area contributed by atoms with Gasteiger partial charge in [0.05, 0.1) is 11.4 Å². The van der Waals surface area contributed by atoms with Crippen molar-refractivity contribution in [3.63, 3.8) is 0 Å². The van der Waals surface area contributed by atoms with Gasteiger partial charge in [-0.25, -0.2) is 9.78 Å². The molecule has 0 atom stereocenters. The van der Waals surface area contributed by atoms with Crippen molar-refractivity contribution < 1.29 is 9.90 Å². The first-order chi connectivity index (χ1) is 15.8. The molecule has 2 aromatic heterocycles. The highest BCUT2D eigenvalue weighted by atomic mass is 16.3. The van der Waals surface area contributed by atoms with E-state index < -0.39 is 0 Å². The van der Waals surface area contributed by atoms with Crippen LogP contribution in [0.4, 0.5) is 5.82 Å². The zero-order valence-corrected chi connectivity index (χ0v) is 19.3. The Morgan fingerprint density at radius 1 is 1.06 bits per heavy atom. The molecule has 8 nitrogen and oxygen atoms in total. The molecule has 1 amide bonds. The lowest BCUT2D eigenvalue weighted by Gasteiger charge is -2.36. The van der Waals surface area contributed by atoms with E-state index in [-0.39, 0.29) is 17.5 Å². The quantitative estimate of drug-likeness (QED) is 0.665. The van der Waals surface area contributed by atoms with Crippen LogP contribution < -0.4 is 10.6 Å². The second kappa shape index (κ2) is 8.10. The number of piperazine rings is 1. The number of aromatic nitrogens is 3. The highest BCUT2D eigenvalue weighted by Crippen LogP contribution is 2.40. The van der Waals surface area contributed by atoms with E-state index in [1.807, 2.05) is 11.1 Å². The standard InChI is InChI=1S/C25H29N5O3/c1-16-14-20(18-4-5-18)15-26-22(16)28-10-12-29(13-11-28)24(32)19-6-8-21(9-7-19)30-17(2)23(31)27(3)25(30)33/h6-9,14-15,18,31H,4-5,10-13H2,1-3H3. The van der Waals surface area contributed by atoms with Crippen molar-refractivity contribution in [2.45, 2.75) is 32.6 Å². The van der Waals surface area contributed by atoms with Crippen LogP contribution in [0.3, 0.4) is 0 Å². The van der Waals surface area contributed by atoms with Gasteiger partial charge in [-0.3, -0.25) is 13.9 Å². The third kappa shape index (κ3) is 3.79. The smallest absolute Gasteiger partial charge is 0.335 e. The molecule has 1 aromatic carbocycles. The summed E-state index contributed by atoms with van der Waals surface area (Å²) in [4.78, 5) is 34.3. The van der Waals surface area contributed by atoms with Gasteiger partial charge in [-0.1, -0.05) is 6.07 Å². The summed E-state index contributed by atoms with van der Waals surface area (Å²) in [5.41, 5.74) is 3.89. The fourth-order valence-electron chi connectivity index (χ4n) is 4.65. The van der Waals surface area contributed by atoms with Crippen molar-refractivity contribution in [2.24, 2.45) is 7.05 Å². The van der Waals surface area contributed by atoms with Crippen LogP contribution >= 0.6 is 0 Å². The Morgan fingerprint density at radius 2 is 1.73 bits per heavy atom. The van der Waals surface area contributed by atoms with Crippen molar-refractivity contribution >= 4 is 11.7 Å². The van der Waals surface area contributed by atoms with Crippen molar-refractivity contribution in [1.82, 2.24) is 19.0 Å². The average Bonchev–Trinajstić information content (AvgIpc) is 3.66.